The molecule has 0 saturated heterocycles. The molecule has 0 bridgehead atoms. The van der Waals surface area contributed by atoms with Gasteiger partial charge in [0.05, 0.1) is 7.05 Å². The van der Waals surface area contributed by atoms with Gasteiger partial charge in [0.25, 0.3) is 5.82 Å². The van der Waals surface area contributed by atoms with Crippen molar-refractivity contribution in [3.05, 3.63) is 47.5 Å². The lowest BCUT2D eigenvalue weighted by atomic mass is 9.99. The third kappa shape index (κ3) is 2.33. The predicted molar refractivity (Wildman–Crippen MR) is 77.9 cm³/mol. The summed E-state index contributed by atoms with van der Waals surface area (Å²) in [6.07, 6.45) is 6.12. The summed E-state index contributed by atoms with van der Waals surface area (Å²) in [6, 6.07) is 6.01. The lowest BCUT2D eigenvalue weighted by Crippen LogP contribution is -2.30. The molecule has 0 aliphatic carbocycles. The van der Waals surface area contributed by atoms with Crippen molar-refractivity contribution in [2.24, 2.45) is 7.05 Å². The Labute approximate surface area is 119 Å². The summed E-state index contributed by atoms with van der Waals surface area (Å²) in [7, 11) is 1.99. The molecule has 2 heterocycles. The molecule has 0 unspecified atom stereocenters. The molecule has 0 saturated carbocycles. The Morgan fingerprint density at radius 1 is 1.45 bits per heavy atom. The Balaban J connectivity index is 1.82. The van der Waals surface area contributed by atoms with Crippen LogP contribution in [0.5, 0.6) is 0 Å². The Morgan fingerprint density at radius 3 is 3.05 bits per heavy atom. The lowest BCUT2D eigenvalue weighted by molar-refractivity contribution is -0.677. The van der Waals surface area contributed by atoms with Gasteiger partial charge in [0.1, 0.15) is 12.4 Å². The standard InChI is InChI=1S/C16H19N3O/c1-12-18(2)8-9-19(12)11-16(20)14-5-6-15-13(10-14)4-3-7-17-15/h5-6,8-10H,3-4,7,11H2,1-2H3/p+1. The van der Waals surface area contributed by atoms with Gasteiger partial charge >= 0.3 is 0 Å². The minimum atomic E-state index is 0.165. The van der Waals surface area contributed by atoms with Crippen LogP contribution in [0.3, 0.4) is 0 Å². The molecule has 0 fully saturated rings. The fourth-order valence-corrected chi connectivity index (χ4v) is 2.66. The van der Waals surface area contributed by atoms with Crippen molar-refractivity contribution in [2.45, 2.75) is 26.3 Å². The summed E-state index contributed by atoms with van der Waals surface area (Å²) in [5, 5.41) is 3.37. The highest BCUT2D eigenvalue weighted by molar-refractivity contribution is 5.96. The predicted octanol–water partition coefficient (Wildman–Crippen LogP) is 1.86. The zero-order valence-corrected chi connectivity index (χ0v) is 12.0. The number of anilines is 1. The van der Waals surface area contributed by atoms with Gasteiger partial charge in [-0.2, -0.15) is 0 Å². The zero-order chi connectivity index (χ0) is 14.1. The van der Waals surface area contributed by atoms with Crippen LogP contribution < -0.4 is 9.88 Å². The van der Waals surface area contributed by atoms with Gasteiger partial charge in [-0.05, 0) is 36.6 Å². The van der Waals surface area contributed by atoms with Crippen molar-refractivity contribution < 1.29 is 9.36 Å². The third-order valence-corrected chi connectivity index (χ3v) is 4.08. The first-order valence-electron chi connectivity index (χ1n) is 7.06. The van der Waals surface area contributed by atoms with Gasteiger partial charge < -0.3 is 5.32 Å². The molecule has 4 heteroatoms. The number of benzene rings is 1. The monoisotopic (exact) mass is 270 g/mol. The van der Waals surface area contributed by atoms with E-state index in [9.17, 15) is 4.79 Å². The van der Waals surface area contributed by atoms with Crippen molar-refractivity contribution in [1.82, 2.24) is 4.57 Å². The molecule has 20 heavy (non-hydrogen) atoms. The molecule has 1 aliphatic rings. The van der Waals surface area contributed by atoms with E-state index >= 15 is 0 Å². The van der Waals surface area contributed by atoms with Crippen LogP contribution in [-0.2, 0) is 20.0 Å². The van der Waals surface area contributed by atoms with Crippen LogP contribution >= 0.6 is 0 Å². The molecule has 0 radical (unpaired) electrons. The van der Waals surface area contributed by atoms with Gasteiger partial charge in [0.2, 0.25) is 5.78 Å². The van der Waals surface area contributed by atoms with E-state index in [1.54, 1.807) is 0 Å². The van der Waals surface area contributed by atoms with E-state index in [0.717, 1.165) is 30.8 Å². The number of aromatic nitrogens is 2. The van der Waals surface area contributed by atoms with Gasteiger partial charge in [-0.15, -0.1) is 0 Å². The Hall–Kier alpha value is -2.10. The number of ketones is 1. The second-order valence-electron chi connectivity index (χ2n) is 5.41. The Morgan fingerprint density at radius 2 is 2.30 bits per heavy atom. The van der Waals surface area contributed by atoms with E-state index in [-0.39, 0.29) is 5.78 Å². The third-order valence-electron chi connectivity index (χ3n) is 4.08. The van der Waals surface area contributed by atoms with E-state index in [1.807, 2.05) is 53.7 Å². The van der Waals surface area contributed by atoms with E-state index in [1.165, 1.54) is 11.3 Å². The molecule has 2 aromatic rings. The number of nitrogens with zero attached hydrogens (tertiary/aromatic N) is 2. The summed E-state index contributed by atoms with van der Waals surface area (Å²) < 4.78 is 4.00. The summed E-state index contributed by atoms with van der Waals surface area (Å²) in [6.45, 7) is 3.45. The number of hydrogen-bond donors (Lipinski definition) is 1. The maximum absolute atomic E-state index is 12.4. The number of aryl methyl sites for hydroxylation is 2. The SMILES string of the molecule is Cc1n(CC(=O)c2ccc3c(c2)CCCN3)cc[n+]1C. The second kappa shape index (κ2) is 5.12. The fourth-order valence-electron chi connectivity index (χ4n) is 2.66. The van der Waals surface area contributed by atoms with Crippen LogP contribution in [0.1, 0.15) is 28.2 Å². The average Bonchev–Trinajstić information content (AvgIpc) is 2.78. The molecular weight excluding hydrogens is 250 g/mol. The average molecular weight is 270 g/mol. The number of rotatable bonds is 3. The molecule has 0 atom stereocenters. The number of fused-ring (bicyclic) bond motifs is 1. The number of Topliss-reactive ketones (excluding diaryl/α,β-unsaturated/α-hetero) is 1. The van der Waals surface area contributed by atoms with Crippen molar-refractivity contribution >= 4 is 11.5 Å². The van der Waals surface area contributed by atoms with Crippen LogP contribution in [0, 0.1) is 6.92 Å². The van der Waals surface area contributed by atoms with E-state index in [0.29, 0.717) is 6.54 Å². The van der Waals surface area contributed by atoms with Crippen LogP contribution in [0.2, 0.25) is 0 Å². The molecular formula is C16H20N3O+. The summed E-state index contributed by atoms with van der Waals surface area (Å²) in [5.74, 6) is 1.25. The maximum atomic E-state index is 12.4. The Bertz CT molecular complexity index is 658. The molecule has 0 amide bonds. The topological polar surface area (TPSA) is 37.9 Å². The summed E-state index contributed by atoms with van der Waals surface area (Å²) >= 11 is 0. The molecule has 0 spiro atoms. The molecule has 4 nitrogen and oxygen atoms in total. The Kier molecular flexibility index (Phi) is 3.30. The number of imidazole rings is 1. The summed E-state index contributed by atoms with van der Waals surface area (Å²) in [5.41, 5.74) is 3.25. The maximum Gasteiger partial charge on any atom is 0.253 e. The first-order chi connectivity index (χ1) is 9.65. The van der Waals surface area contributed by atoms with Crippen molar-refractivity contribution in [3.63, 3.8) is 0 Å². The first-order valence-corrected chi connectivity index (χ1v) is 7.06. The van der Waals surface area contributed by atoms with Gasteiger partial charge in [-0.3, -0.25) is 4.79 Å². The van der Waals surface area contributed by atoms with Crippen LogP contribution in [0.4, 0.5) is 5.69 Å². The molecule has 1 aromatic carbocycles. The largest absolute Gasteiger partial charge is 0.385 e. The fraction of sp³-hybridized carbons (Fsp3) is 0.375. The number of hydrogen-bond acceptors (Lipinski definition) is 2. The van der Waals surface area contributed by atoms with Gasteiger partial charge in [-0.25, -0.2) is 9.13 Å². The van der Waals surface area contributed by atoms with Crippen molar-refractivity contribution in [3.8, 4) is 0 Å². The van der Waals surface area contributed by atoms with Crippen molar-refractivity contribution in [2.75, 3.05) is 11.9 Å². The first kappa shape index (κ1) is 12.9. The smallest absolute Gasteiger partial charge is 0.253 e. The number of carbonyl (C=O) groups is 1. The normalized spacial score (nSPS) is 13.7. The van der Waals surface area contributed by atoms with Gasteiger partial charge in [0.15, 0.2) is 6.54 Å². The highest BCUT2D eigenvalue weighted by Gasteiger charge is 2.17. The van der Waals surface area contributed by atoms with Gasteiger partial charge in [-0.1, -0.05) is 0 Å². The highest BCUT2D eigenvalue weighted by atomic mass is 16.1. The quantitative estimate of drug-likeness (QED) is 0.683. The van der Waals surface area contributed by atoms with Crippen LogP contribution in [0.25, 0.3) is 0 Å². The minimum Gasteiger partial charge on any atom is -0.385 e. The number of carbonyl (C=O) groups excluding carboxylic acids is 1. The molecule has 1 aliphatic heterocycles. The molecule has 1 N–H and O–H groups in total. The van der Waals surface area contributed by atoms with Crippen LogP contribution in [-0.4, -0.2) is 16.9 Å². The highest BCUT2D eigenvalue weighted by Crippen LogP contribution is 2.23. The van der Waals surface area contributed by atoms with Crippen molar-refractivity contribution in [1.29, 1.82) is 0 Å². The van der Waals surface area contributed by atoms with E-state index in [2.05, 4.69) is 5.32 Å². The molecule has 3 rings (SSSR count). The van der Waals surface area contributed by atoms with Gasteiger partial charge in [0, 0.05) is 24.7 Å². The number of nitrogens with one attached hydrogen (secondary N) is 1. The van der Waals surface area contributed by atoms with E-state index in [4.69, 9.17) is 0 Å². The van der Waals surface area contributed by atoms with E-state index < -0.39 is 0 Å². The molecule has 104 valence electrons. The zero-order valence-electron chi connectivity index (χ0n) is 12.0. The van der Waals surface area contributed by atoms with Crippen LogP contribution in [0.15, 0.2) is 30.6 Å². The second-order valence-corrected chi connectivity index (χ2v) is 5.41. The lowest BCUT2D eigenvalue weighted by Gasteiger charge is -2.18. The minimum absolute atomic E-state index is 0.165. The molecule has 1 aromatic heterocycles. The summed E-state index contributed by atoms with van der Waals surface area (Å²) in [4.78, 5) is 12.4.